The first kappa shape index (κ1) is 23.4. The minimum Gasteiger partial charge on any atom is -0.442 e. The van der Waals surface area contributed by atoms with Crippen LogP contribution in [0.2, 0.25) is 0 Å². The highest BCUT2D eigenvalue weighted by Crippen LogP contribution is 2.48. The summed E-state index contributed by atoms with van der Waals surface area (Å²) in [6.07, 6.45) is 9.18. The summed E-state index contributed by atoms with van der Waals surface area (Å²) >= 11 is 0. The molecular formula is C33H33O2S+. The van der Waals surface area contributed by atoms with Crippen LogP contribution in [-0.4, -0.2) is 11.6 Å². The summed E-state index contributed by atoms with van der Waals surface area (Å²) in [5.74, 6) is 9.00. The molecule has 3 aromatic carbocycles. The van der Waals surface area contributed by atoms with Crippen molar-refractivity contribution in [1.82, 2.24) is 0 Å². The van der Waals surface area contributed by atoms with E-state index >= 15 is 0 Å². The van der Waals surface area contributed by atoms with E-state index in [0.717, 1.165) is 37.5 Å². The van der Waals surface area contributed by atoms with Gasteiger partial charge in [0, 0.05) is 5.92 Å². The standard InChI is InChI=1S/C33H33O2S/c34-32(35-33(20-7-8-21-33)22-19-28-24-25-13-14-27(28)23-25)26-15-17-31(18-16-26)36(29-9-3-1-4-10-29)30-11-5-2-6-12-30/h1-6,9-12,15-18,25,27-28H,7-8,13-14,20-21,23-24H2/q+1. The van der Waals surface area contributed by atoms with E-state index in [1.165, 1.54) is 40.4 Å². The van der Waals surface area contributed by atoms with Crippen molar-refractivity contribution in [3.05, 3.63) is 90.5 Å². The lowest BCUT2D eigenvalue weighted by Gasteiger charge is -2.24. The fourth-order valence-corrected chi connectivity index (χ4v) is 8.41. The van der Waals surface area contributed by atoms with E-state index in [0.29, 0.717) is 11.5 Å². The van der Waals surface area contributed by atoms with E-state index in [-0.39, 0.29) is 16.9 Å². The Bertz CT molecular complexity index is 1210. The Hall–Kier alpha value is -2.96. The minimum atomic E-state index is -0.601. The maximum absolute atomic E-state index is 13.3. The number of fused-ring (bicyclic) bond motifs is 2. The fourth-order valence-electron chi connectivity index (χ4n) is 6.33. The highest BCUT2D eigenvalue weighted by atomic mass is 32.2. The molecule has 3 aliphatic carbocycles. The molecular weight excluding hydrogens is 460 g/mol. The topological polar surface area (TPSA) is 26.3 Å². The van der Waals surface area contributed by atoms with Crippen molar-refractivity contribution >= 4 is 16.9 Å². The van der Waals surface area contributed by atoms with Gasteiger partial charge >= 0.3 is 5.97 Å². The van der Waals surface area contributed by atoms with Gasteiger partial charge in [-0.2, -0.15) is 0 Å². The monoisotopic (exact) mass is 493 g/mol. The zero-order valence-electron chi connectivity index (χ0n) is 20.7. The molecule has 0 aliphatic heterocycles. The third-order valence-corrected chi connectivity index (χ3v) is 10.4. The number of carbonyl (C=O) groups is 1. The van der Waals surface area contributed by atoms with Crippen LogP contribution in [0.1, 0.15) is 61.7 Å². The summed E-state index contributed by atoms with van der Waals surface area (Å²) in [5, 5.41) is 0. The van der Waals surface area contributed by atoms with Crippen molar-refractivity contribution in [2.45, 2.75) is 71.7 Å². The van der Waals surface area contributed by atoms with Crippen LogP contribution in [-0.2, 0) is 15.6 Å². The largest absolute Gasteiger partial charge is 0.442 e. The van der Waals surface area contributed by atoms with Crippen LogP contribution in [0.25, 0.3) is 0 Å². The van der Waals surface area contributed by atoms with Gasteiger partial charge in [0.2, 0.25) is 0 Å². The van der Waals surface area contributed by atoms with E-state index in [4.69, 9.17) is 4.74 Å². The highest BCUT2D eigenvalue weighted by Gasteiger charge is 2.40. The first-order valence-electron chi connectivity index (χ1n) is 13.4. The summed E-state index contributed by atoms with van der Waals surface area (Å²) in [4.78, 5) is 17.0. The normalized spacial score (nSPS) is 23.9. The van der Waals surface area contributed by atoms with Crippen molar-refractivity contribution in [2.75, 3.05) is 0 Å². The van der Waals surface area contributed by atoms with Crippen LogP contribution in [0.3, 0.4) is 0 Å². The molecule has 3 aliphatic rings. The van der Waals surface area contributed by atoms with Gasteiger partial charge in [-0.3, -0.25) is 0 Å². The molecule has 3 atom stereocenters. The molecule has 6 rings (SSSR count). The van der Waals surface area contributed by atoms with Crippen molar-refractivity contribution in [2.24, 2.45) is 17.8 Å². The zero-order valence-corrected chi connectivity index (χ0v) is 21.5. The summed E-state index contributed by atoms with van der Waals surface area (Å²) in [5.41, 5.74) is 0.00656. The molecule has 0 N–H and O–H groups in total. The number of carbonyl (C=O) groups excluding carboxylic acids is 1. The Morgan fingerprint density at radius 3 is 1.94 bits per heavy atom. The maximum Gasteiger partial charge on any atom is 0.339 e. The predicted molar refractivity (Wildman–Crippen MR) is 145 cm³/mol. The van der Waals surface area contributed by atoms with Crippen molar-refractivity contribution in [1.29, 1.82) is 0 Å². The lowest BCUT2D eigenvalue weighted by molar-refractivity contribution is 0.0102. The van der Waals surface area contributed by atoms with Crippen LogP contribution in [0, 0.1) is 29.6 Å². The number of esters is 1. The van der Waals surface area contributed by atoms with Gasteiger partial charge in [-0.1, -0.05) is 54.7 Å². The second-order valence-electron chi connectivity index (χ2n) is 10.6. The van der Waals surface area contributed by atoms with Crippen molar-refractivity contribution < 1.29 is 9.53 Å². The van der Waals surface area contributed by atoms with E-state index in [1.54, 1.807) is 0 Å². The van der Waals surface area contributed by atoms with E-state index in [1.807, 2.05) is 24.3 Å². The highest BCUT2D eigenvalue weighted by molar-refractivity contribution is 7.97. The number of hydrogen-bond donors (Lipinski definition) is 0. The first-order valence-corrected chi connectivity index (χ1v) is 14.6. The molecule has 0 amide bonds. The minimum absolute atomic E-state index is 0.228. The second kappa shape index (κ2) is 10.2. The molecule has 3 heteroatoms. The lowest BCUT2D eigenvalue weighted by Crippen LogP contribution is -2.30. The molecule has 182 valence electrons. The van der Waals surface area contributed by atoms with Crippen molar-refractivity contribution in [3.8, 4) is 11.8 Å². The molecule has 36 heavy (non-hydrogen) atoms. The third-order valence-electron chi connectivity index (χ3n) is 8.21. The molecule has 2 bridgehead atoms. The fraction of sp³-hybridized carbons (Fsp3) is 0.364. The van der Waals surface area contributed by atoms with Gasteiger partial charge in [-0.05, 0) is 105 Å². The summed E-state index contributed by atoms with van der Waals surface area (Å²) in [7, 11) is -0.228. The third kappa shape index (κ3) is 4.84. The van der Waals surface area contributed by atoms with Gasteiger partial charge in [-0.25, -0.2) is 4.79 Å². The average Bonchev–Trinajstić information content (AvgIpc) is 3.68. The smallest absolute Gasteiger partial charge is 0.339 e. The lowest BCUT2D eigenvalue weighted by atomic mass is 9.88. The average molecular weight is 494 g/mol. The molecule has 0 aromatic heterocycles. The SMILES string of the molecule is O=C(OC1(C#CC2CC3CCC2C3)CCCC1)c1ccc([S+](c2ccccc2)c2ccccc2)cc1. The van der Waals surface area contributed by atoms with E-state index in [9.17, 15) is 4.79 Å². The quantitative estimate of drug-likeness (QED) is 0.207. The Balaban J connectivity index is 1.21. The summed E-state index contributed by atoms with van der Waals surface area (Å²) in [6, 6.07) is 29.2. The first-order chi connectivity index (χ1) is 17.7. The Kier molecular flexibility index (Phi) is 6.63. The van der Waals surface area contributed by atoms with Crippen molar-refractivity contribution in [3.63, 3.8) is 0 Å². The summed E-state index contributed by atoms with van der Waals surface area (Å²) in [6.45, 7) is 0. The zero-order chi connectivity index (χ0) is 24.4. The predicted octanol–water partition coefficient (Wildman–Crippen LogP) is 7.69. The summed E-state index contributed by atoms with van der Waals surface area (Å²) < 4.78 is 6.18. The number of rotatable bonds is 5. The molecule has 0 spiro atoms. The van der Waals surface area contributed by atoms with Crippen LogP contribution in [0.15, 0.2) is 99.6 Å². The Labute approximate surface area is 217 Å². The van der Waals surface area contributed by atoms with Gasteiger partial charge in [-0.15, -0.1) is 0 Å². The van der Waals surface area contributed by atoms with Crippen LogP contribution in [0.4, 0.5) is 0 Å². The van der Waals surface area contributed by atoms with Crippen LogP contribution < -0.4 is 0 Å². The van der Waals surface area contributed by atoms with Gasteiger partial charge in [0.25, 0.3) is 0 Å². The molecule has 0 heterocycles. The maximum atomic E-state index is 13.3. The Morgan fingerprint density at radius 1 is 0.778 bits per heavy atom. The number of hydrogen-bond acceptors (Lipinski definition) is 2. The van der Waals surface area contributed by atoms with Gasteiger partial charge in [0.15, 0.2) is 20.3 Å². The molecule has 0 saturated heterocycles. The van der Waals surface area contributed by atoms with E-state index < -0.39 is 5.60 Å². The molecule has 0 radical (unpaired) electrons. The van der Waals surface area contributed by atoms with Gasteiger partial charge in [0.1, 0.15) is 0 Å². The molecule has 3 unspecified atom stereocenters. The molecule has 2 nitrogen and oxygen atoms in total. The van der Waals surface area contributed by atoms with Crippen LogP contribution >= 0.6 is 0 Å². The Morgan fingerprint density at radius 2 is 1.39 bits per heavy atom. The van der Waals surface area contributed by atoms with Gasteiger partial charge < -0.3 is 4.74 Å². The van der Waals surface area contributed by atoms with Crippen LogP contribution in [0.5, 0.6) is 0 Å². The molecule has 3 aromatic rings. The van der Waals surface area contributed by atoms with E-state index in [2.05, 4.69) is 72.5 Å². The second-order valence-corrected chi connectivity index (χ2v) is 12.6. The number of benzene rings is 3. The molecule has 3 fully saturated rings. The molecule has 3 saturated carbocycles. The van der Waals surface area contributed by atoms with Gasteiger partial charge in [0.05, 0.1) is 16.5 Å². The number of ether oxygens (including phenoxy) is 1.